The summed E-state index contributed by atoms with van der Waals surface area (Å²) in [4.78, 5) is 23.5. The number of hydrogen-bond donors (Lipinski definition) is 4. The molecule has 4 atom stereocenters. The number of rotatable bonds is 6. The first kappa shape index (κ1) is 23.1. The molecule has 0 aliphatic carbocycles. The Hall–Kier alpha value is -2.65. The normalized spacial score (nSPS) is 23.9. The fourth-order valence-corrected chi connectivity index (χ4v) is 5.16. The number of H-pyrrole nitrogens is 1. The number of aryl methyl sites for hydroxylation is 1. The summed E-state index contributed by atoms with van der Waals surface area (Å²) in [7, 11) is 0. The van der Waals surface area contributed by atoms with E-state index in [1.54, 1.807) is 12.1 Å². The molecule has 3 heterocycles. The molecule has 2 fully saturated rings. The van der Waals surface area contributed by atoms with E-state index in [9.17, 15) is 9.90 Å². The summed E-state index contributed by atoms with van der Waals surface area (Å²) in [5.74, 6) is 0.0707. The third kappa shape index (κ3) is 4.51. The first-order valence-electron chi connectivity index (χ1n) is 11.7. The van der Waals surface area contributed by atoms with Crippen LogP contribution in [0.25, 0.3) is 11.0 Å². The summed E-state index contributed by atoms with van der Waals surface area (Å²) < 4.78 is 5.48. The molecule has 2 aliphatic rings. The quantitative estimate of drug-likeness (QED) is 0.430. The monoisotopic (exact) mass is 483 g/mol. The summed E-state index contributed by atoms with van der Waals surface area (Å²) in [5, 5.41) is 17.6. The predicted molar refractivity (Wildman–Crippen MR) is 132 cm³/mol. The topological polar surface area (TPSA) is 103 Å². The van der Waals surface area contributed by atoms with E-state index in [-0.39, 0.29) is 18.0 Å². The van der Waals surface area contributed by atoms with E-state index in [0.717, 1.165) is 54.2 Å². The lowest BCUT2D eigenvalue weighted by molar-refractivity contribution is -0.120. The first-order chi connectivity index (χ1) is 16.4. The number of halogens is 1. The molecular formula is C25H30ClN5O3. The minimum atomic E-state index is -0.740. The number of aliphatic hydroxyl groups excluding tert-OH is 1. The number of anilines is 1. The second kappa shape index (κ2) is 9.54. The Morgan fingerprint density at radius 1 is 1.29 bits per heavy atom. The van der Waals surface area contributed by atoms with Gasteiger partial charge in [0.25, 0.3) is 0 Å². The van der Waals surface area contributed by atoms with Gasteiger partial charge in [-0.15, -0.1) is 0 Å². The van der Waals surface area contributed by atoms with Crippen LogP contribution in [0.15, 0.2) is 36.4 Å². The lowest BCUT2D eigenvalue weighted by Gasteiger charge is -2.29. The van der Waals surface area contributed by atoms with Crippen molar-refractivity contribution in [2.24, 2.45) is 0 Å². The maximum Gasteiger partial charge on any atom is 0.232 e. The Balaban J connectivity index is 1.38. The first-order valence-corrected chi connectivity index (χ1v) is 12.1. The Bertz CT molecular complexity index is 1190. The molecule has 4 N–H and O–H groups in total. The van der Waals surface area contributed by atoms with E-state index in [0.29, 0.717) is 17.4 Å². The fourth-order valence-electron chi connectivity index (χ4n) is 4.97. The summed E-state index contributed by atoms with van der Waals surface area (Å²) in [6.07, 6.45) is -0.740. The Labute approximate surface area is 203 Å². The smallest absolute Gasteiger partial charge is 0.232 e. The zero-order valence-corrected chi connectivity index (χ0v) is 20.1. The van der Waals surface area contributed by atoms with Gasteiger partial charge in [-0.2, -0.15) is 0 Å². The van der Waals surface area contributed by atoms with Gasteiger partial charge >= 0.3 is 0 Å². The van der Waals surface area contributed by atoms with Crippen molar-refractivity contribution < 1.29 is 14.6 Å². The van der Waals surface area contributed by atoms with Crippen LogP contribution in [0.1, 0.15) is 35.9 Å². The SMILES string of the molecule is Cc1cc(N2CCOCC2)cc2[nH]c(C3C(=O)NC(C)C3NC[C@@H](O)c3cccc(Cl)c3)nc12. The molecule has 9 heteroatoms. The third-order valence-corrected chi connectivity index (χ3v) is 7.02. The minimum absolute atomic E-state index is 0.0765. The molecule has 1 aromatic heterocycles. The maximum absolute atomic E-state index is 12.9. The van der Waals surface area contributed by atoms with Crippen molar-refractivity contribution in [3.05, 3.63) is 58.4 Å². The molecule has 2 saturated heterocycles. The van der Waals surface area contributed by atoms with Crippen LogP contribution in [-0.2, 0) is 9.53 Å². The number of ether oxygens (including phenoxy) is 1. The van der Waals surface area contributed by atoms with Gasteiger partial charge in [-0.1, -0.05) is 23.7 Å². The van der Waals surface area contributed by atoms with E-state index in [1.807, 2.05) is 26.0 Å². The molecule has 0 saturated carbocycles. The standard InChI is InChI=1S/C25H30ClN5O3/c1-14-10-18(31-6-8-34-9-7-31)12-19-22(14)30-24(29-19)21-23(15(2)28-25(21)33)27-13-20(32)16-4-3-5-17(26)11-16/h3-5,10-12,15,20-21,23,27,32H,6-9,13H2,1-2H3,(H,28,33)(H,29,30)/t15?,20-,21?,23?/m1/s1. The second-order valence-corrected chi connectivity index (χ2v) is 9.60. The van der Waals surface area contributed by atoms with Gasteiger partial charge in [0.2, 0.25) is 5.91 Å². The number of amides is 1. The van der Waals surface area contributed by atoms with Crippen molar-refractivity contribution in [2.45, 2.75) is 38.0 Å². The molecule has 2 aliphatic heterocycles. The number of nitrogens with one attached hydrogen (secondary N) is 3. The molecular weight excluding hydrogens is 454 g/mol. The molecule has 3 unspecified atom stereocenters. The molecule has 0 bridgehead atoms. The molecule has 1 amide bonds. The zero-order valence-electron chi connectivity index (χ0n) is 19.3. The Morgan fingerprint density at radius 3 is 2.85 bits per heavy atom. The second-order valence-electron chi connectivity index (χ2n) is 9.16. The van der Waals surface area contributed by atoms with Gasteiger partial charge in [0.05, 0.1) is 30.4 Å². The Kier molecular flexibility index (Phi) is 6.48. The number of nitrogens with zero attached hydrogens (tertiary/aromatic N) is 2. The number of aliphatic hydroxyl groups is 1. The highest BCUT2D eigenvalue weighted by atomic mass is 35.5. The van der Waals surface area contributed by atoms with Crippen LogP contribution in [0, 0.1) is 6.92 Å². The van der Waals surface area contributed by atoms with Crippen molar-refractivity contribution in [3.63, 3.8) is 0 Å². The van der Waals surface area contributed by atoms with Gasteiger partial charge in [-0.25, -0.2) is 4.98 Å². The highest BCUT2D eigenvalue weighted by molar-refractivity contribution is 6.30. The maximum atomic E-state index is 12.9. The largest absolute Gasteiger partial charge is 0.387 e. The van der Waals surface area contributed by atoms with Crippen LogP contribution in [0.5, 0.6) is 0 Å². The Morgan fingerprint density at radius 2 is 2.09 bits per heavy atom. The van der Waals surface area contributed by atoms with Crippen molar-refractivity contribution in [2.75, 3.05) is 37.7 Å². The number of aromatic nitrogens is 2. The molecule has 2 aromatic carbocycles. The van der Waals surface area contributed by atoms with E-state index >= 15 is 0 Å². The molecule has 34 heavy (non-hydrogen) atoms. The van der Waals surface area contributed by atoms with Gasteiger partial charge in [-0.05, 0) is 49.2 Å². The number of fused-ring (bicyclic) bond motifs is 1. The van der Waals surface area contributed by atoms with Gasteiger partial charge in [0.1, 0.15) is 11.7 Å². The minimum Gasteiger partial charge on any atom is -0.387 e. The summed E-state index contributed by atoms with van der Waals surface area (Å²) >= 11 is 6.07. The van der Waals surface area contributed by atoms with Gasteiger partial charge < -0.3 is 30.4 Å². The number of aromatic amines is 1. The molecule has 5 rings (SSSR count). The molecule has 3 aromatic rings. The van der Waals surface area contributed by atoms with E-state index < -0.39 is 12.0 Å². The number of carbonyl (C=O) groups excluding carboxylic acids is 1. The zero-order chi connectivity index (χ0) is 23.8. The van der Waals surface area contributed by atoms with Crippen molar-refractivity contribution >= 4 is 34.2 Å². The van der Waals surface area contributed by atoms with E-state index in [1.165, 1.54) is 0 Å². The number of carbonyl (C=O) groups is 1. The fraction of sp³-hybridized carbons (Fsp3) is 0.440. The third-order valence-electron chi connectivity index (χ3n) is 6.78. The highest BCUT2D eigenvalue weighted by Gasteiger charge is 2.42. The lowest BCUT2D eigenvalue weighted by atomic mass is 9.97. The average Bonchev–Trinajstić information content (AvgIpc) is 3.37. The van der Waals surface area contributed by atoms with E-state index in [2.05, 4.69) is 32.7 Å². The van der Waals surface area contributed by atoms with Crippen LogP contribution in [0.2, 0.25) is 5.02 Å². The molecule has 8 nitrogen and oxygen atoms in total. The predicted octanol–water partition coefficient (Wildman–Crippen LogP) is 2.66. The summed E-state index contributed by atoms with van der Waals surface area (Å²) in [6, 6.07) is 11.1. The van der Waals surface area contributed by atoms with Gasteiger partial charge in [0, 0.05) is 42.4 Å². The van der Waals surface area contributed by atoms with Crippen molar-refractivity contribution in [1.29, 1.82) is 0 Å². The van der Waals surface area contributed by atoms with Crippen LogP contribution in [-0.4, -0.2) is 65.9 Å². The van der Waals surface area contributed by atoms with E-state index in [4.69, 9.17) is 21.3 Å². The summed E-state index contributed by atoms with van der Waals surface area (Å²) in [5.41, 5.74) is 4.72. The average molecular weight is 484 g/mol. The molecule has 0 spiro atoms. The van der Waals surface area contributed by atoms with Gasteiger partial charge in [0.15, 0.2) is 0 Å². The van der Waals surface area contributed by atoms with Crippen LogP contribution in [0.3, 0.4) is 0 Å². The molecule has 0 radical (unpaired) electrons. The van der Waals surface area contributed by atoms with Gasteiger partial charge in [-0.3, -0.25) is 4.79 Å². The van der Waals surface area contributed by atoms with Crippen LogP contribution >= 0.6 is 11.6 Å². The number of morpholine rings is 1. The number of hydrogen-bond acceptors (Lipinski definition) is 6. The van der Waals surface area contributed by atoms with Crippen molar-refractivity contribution in [1.82, 2.24) is 20.6 Å². The highest BCUT2D eigenvalue weighted by Crippen LogP contribution is 2.31. The van der Waals surface area contributed by atoms with Crippen LogP contribution in [0.4, 0.5) is 5.69 Å². The van der Waals surface area contributed by atoms with Crippen molar-refractivity contribution in [3.8, 4) is 0 Å². The summed E-state index contributed by atoms with van der Waals surface area (Å²) in [6.45, 7) is 7.46. The molecule has 180 valence electrons. The number of imidazole rings is 1. The number of benzene rings is 2. The lowest BCUT2D eigenvalue weighted by Crippen LogP contribution is -2.43. The van der Waals surface area contributed by atoms with Crippen LogP contribution < -0.4 is 15.5 Å².